The second-order valence-electron chi connectivity index (χ2n) is 7.35. The Morgan fingerprint density at radius 3 is 2.15 bits per heavy atom. The van der Waals surface area contributed by atoms with Crippen LogP contribution in [0.4, 0.5) is 4.39 Å². The van der Waals surface area contributed by atoms with E-state index in [-0.39, 0.29) is 5.82 Å². The van der Waals surface area contributed by atoms with E-state index in [1.165, 1.54) is 6.07 Å². The molecule has 3 aromatic carbocycles. The maximum Gasteiger partial charge on any atom is 0.338 e. The number of benzene rings is 3. The number of halogens is 1. The second kappa shape index (κ2) is 11.4. The van der Waals surface area contributed by atoms with Gasteiger partial charge in [-0.2, -0.15) is 0 Å². The standard InChI is InChI=1S/C29H23FO4/c1-4-28(31)34-27-8-6-5-7-24(27)16-15-23-14-11-22(19-26(23)30)10-9-21-12-17-25(18-13-21)33-29(32)20(2)3/h4-19H,1-2H2,3H3/b10-9+,16-15+. The zero-order valence-electron chi connectivity index (χ0n) is 18.7. The van der Waals surface area contributed by atoms with Gasteiger partial charge >= 0.3 is 11.9 Å². The van der Waals surface area contributed by atoms with Crippen LogP contribution in [0, 0.1) is 5.82 Å². The van der Waals surface area contributed by atoms with Crippen molar-refractivity contribution in [1.29, 1.82) is 0 Å². The summed E-state index contributed by atoms with van der Waals surface area (Å²) in [6.07, 6.45) is 8.00. The number of esters is 2. The van der Waals surface area contributed by atoms with Crippen molar-refractivity contribution < 1.29 is 23.5 Å². The molecule has 5 heteroatoms. The summed E-state index contributed by atoms with van der Waals surface area (Å²) in [5.74, 6) is -0.641. The van der Waals surface area contributed by atoms with E-state index < -0.39 is 11.9 Å². The van der Waals surface area contributed by atoms with Gasteiger partial charge in [-0.15, -0.1) is 0 Å². The predicted molar refractivity (Wildman–Crippen MR) is 133 cm³/mol. The average molecular weight is 454 g/mol. The van der Waals surface area contributed by atoms with E-state index in [1.807, 2.05) is 6.08 Å². The second-order valence-corrected chi connectivity index (χ2v) is 7.35. The molecule has 4 nitrogen and oxygen atoms in total. The Hall–Kier alpha value is -4.51. The number of ether oxygens (including phenoxy) is 2. The van der Waals surface area contributed by atoms with Gasteiger partial charge < -0.3 is 9.47 Å². The van der Waals surface area contributed by atoms with Crippen LogP contribution in [-0.4, -0.2) is 11.9 Å². The fourth-order valence-electron chi connectivity index (χ4n) is 2.86. The molecule has 0 unspecified atom stereocenters. The lowest BCUT2D eigenvalue weighted by Crippen LogP contribution is -2.07. The first kappa shape index (κ1) is 24.1. The lowest BCUT2D eigenvalue weighted by Gasteiger charge is -2.05. The lowest BCUT2D eigenvalue weighted by molar-refractivity contribution is -0.130. The van der Waals surface area contributed by atoms with Crippen LogP contribution in [0.25, 0.3) is 24.3 Å². The molecule has 0 bridgehead atoms. The van der Waals surface area contributed by atoms with Gasteiger partial charge in [-0.05, 0) is 42.3 Å². The van der Waals surface area contributed by atoms with Crippen molar-refractivity contribution in [2.45, 2.75) is 6.92 Å². The SMILES string of the molecule is C=CC(=O)Oc1ccccc1/C=C/c1ccc(/C=C/c2ccc(OC(=O)C(=C)C)cc2)cc1F. The minimum Gasteiger partial charge on any atom is -0.423 e. The molecule has 0 aliphatic heterocycles. The highest BCUT2D eigenvalue weighted by atomic mass is 19.1. The van der Waals surface area contributed by atoms with Crippen molar-refractivity contribution in [2.75, 3.05) is 0 Å². The first-order chi connectivity index (χ1) is 16.4. The molecular weight excluding hydrogens is 431 g/mol. The van der Waals surface area contributed by atoms with E-state index >= 15 is 0 Å². The summed E-state index contributed by atoms with van der Waals surface area (Å²) in [6.45, 7) is 8.52. The summed E-state index contributed by atoms with van der Waals surface area (Å²) < 4.78 is 25.0. The summed E-state index contributed by atoms with van der Waals surface area (Å²) in [5, 5.41) is 0. The summed E-state index contributed by atoms with van der Waals surface area (Å²) in [6, 6.07) is 18.8. The van der Waals surface area contributed by atoms with Gasteiger partial charge in [0.05, 0.1) is 0 Å². The molecule has 0 saturated carbocycles. The smallest absolute Gasteiger partial charge is 0.338 e. The van der Waals surface area contributed by atoms with Gasteiger partial charge in [0, 0.05) is 22.8 Å². The highest BCUT2D eigenvalue weighted by Gasteiger charge is 2.06. The van der Waals surface area contributed by atoms with Crippen molar-refractivity contribution in [1.82, 2.24) is 0 Å². The van der Waals surface area contributed by atoms with Crippen LogP contribution in [0.1, 0.15) is 29.2 Å². The molecule has 0 aromatic heterocycles. The molecular formula is C29H23FO4. The van der Waals surface area contributed by atoms with Crippen molar-refractivity contribution in [3.63, 3.8) is 0 Å². The molecule has 0 amide bonds. The molecule has 0 spiro atoms. The van der Waals surface area contributed by atoms with Gasteiger partial charge in [-0.3, -0.25) is 0 Å². The predicted octanol–water partition coefficient (Wildman–Crippen LogP) is 6.74. The summed E-state index contributed by atoms with van der Waals surface area (Å²) in [7, 11) is 0. The van der Waals surface area contributed by atoms with Gasteiger partial charge in [-0.1, -0.05) is 79.9 Å². The molecule has 34 heavy (non-hydrogen) atoms. The third-order valence-electron chi connectivity index (χ3n) is 4.67. The fourth-order valence-corrected chi connectivity index (χ4v) is 2.86. The summed E-state index contributed by atoms with van der Waals surface area (Å²) in [4.78, 5) is 23.1. The normalized spacial score (nSPS) is 10.9. The largest absolute Gasteiger partial charge is 0.423 e. The summed E-state index contributed by atoms with van der Waals surface area (Å²) >= 11 is 0. The number of carbonyl (C=O) groups excluding carboxylic acids is 2. The quantitative estimate of drug-likeness (QED) is 0.164. The van der Waals surface area contributed by atoms with Crippen LogP contribution in [-0.2, 0) is 9.59 Å². The Labute approximate surface area is 198 Å². The van der Waals surface area contributed by atoms with E-state index in [4.69, 9.17) is 9.47 Å². The summed E-state index contributed by atoms with van der Waals surface area (Å²) in [5.41, 5.74) is 2.91. The van der Waals surface area contributed by atoms with Gasteiger partial charge in [-0.25, -0.2) is 14.0 Å². The van der Waals surface area contributed by atoms with E-state index in [0.717, 1.165) is 11.6 Å². The van der Waals surface area contributed by atoms with Crippen LogP contribution >= 0.6 is 0 Å². The molecule has 0 saturated heterocycles. The van der Waals surface area contributed by atoms with E-state index in [1.54, 1.807) is 85.8 Å². The molecule has 0 heterocycles. The number of hydrogen-bond acceptors (Lipinski definition) is 4. The topological polar surface area (TPSA) is 52.6 Å². The molecule has 0 aliphatic rings. The third-order valence-corrected chi connectivity index (χ3v) is 4.67. The maximum absolute atomic E-state index is 14.6. The molecule has 3 rings (SSSR count). The third kappa shape index (κ3) is 6.74. The highest BCUT2D eigenvalue weighted by molar-refractivity contribution is 5.88. The molecule has 0 fully saturated rings. The van der Waals surface area contributed by atoms with Crippen molar-refractivity contribution in [3.05, 3.63) is 120 Å². The molecule has 0 N–H and O–H groups in total. The van der Waals surface area contributed by atoms with Crippen molar-refractivity contribution in [2.24, 2.45) is 0 Å². The molecule has 0 aliphatic carbocycles. The van der Waals surface area contributed by atoms with Crippen LogP contribution in [0.15, 0.2) is 91.5 Å². The van der Waals surface area contributed by atoms with Gasteiger partial charge in [0.15, 0.2) is 0 Å². The minimum atomic E-state index is -0.564. The number of rotatable bonds is 8. The number of para-hydroxylation sites is 1. The Balaban J connectivity index is 1.69. The fraction of sp³-hybridized carbons (Fsp3) is 0.0345. The molecule has 0 radical (unpaired) electrons. The van der Waals surface area contributed by atoms with Gasteiger partial charge in [0.2, 0.25) is 0 Å². The average Bonchev–Trinajstić information content (AvgIpc) is 2.83. The number of hydrogen-bond donors (Lipinski definition) is 0. The van der Waals surface area contributed by atoms with E-state index in [9.17, 15) is 14.0 Å². The maximum atomic E-state index is 14.6. The van der Waals surface area contributed by atoms with Crippen LogP contribution in [0.2, 0.25) is 0 Å². The Morgan fingerprint density at radius 2 is 1.47 bits per heavy atom. The van der Waals surface area contributed by atoms with Crippen LogP contribution in [0.3, 0.4) is 0 Å². The molecule has 170 valence electrons. The zero-order chi connectivity index (χ0) is 24.5. The first-order valence-corrected chi connectivity index (χ1v) is 10.4. The first-order valence-electron chi connectivity index (χ1n) is 10.4. The van der Waals surface area contributed by atoms with E-state index in [0.29, 0.717) is 33.8 Å². The monoisotopic (exact) mass is 454 g/mol. The van der Waals surface area contributed by atoms with Gasteiger partial charge in [0.1, 0.15) is 17.3 Å². The Kier molecular flexibility index (Phi) is 8.08. The van der Waals surface area contributed by atoms with Gasteiger partial charge in [0.25, 0.3) is 0 Å². The lowest BCUT2D eigenvalue weighted by atomic mass is 10.1. The van der Waals surface area contributed by atoms with Crippen LogP contribution in [0.5, 0.6) is 11.5 Å². The Morgan fingerprint density at radius 1 is 0.824 bits per heavy atom. The highest BCUT2D eigenvalue weighted by Crippen LogP contribution is 2.23. The minimum absolute atomic E-state index is 0.324. The zero-order valence-corrected chi connectivity index (χ0v) is 18.7. The Bertz CT molecular complexity index is 1280. The van der Waals surface area contributed by atoms with Crippen molar-refractivity contribution >= 4 is 36.2 Å². The van der Waals surface area contributed by atoms with E-state index in [2.05, 4.69) is 13.2 Å². The van der Waals surface area contributed by atoms with Crippen molar-refractivity contribution in [3.8, 4) is 11.5 Å². The molecule has 3 aromatic rings. The van der Waals surface area contributed by atoms with Crippen LogP contribution < -0.4 is 9.47 Å². The number of carbonyl (C=O) groups is 2. The molecule has 0 atom stereocenters.